The predicted molar refractivity (Wildman–Crippen MR) is 92.9 cm³/mol. The van der Waals surface area contributed by atoms with Gasteiger partial charge in [0, 0.05) is 42.9 Å². The first-order chi connectivity index (χ1) is 10.1. The number of hydrogen-bond acceptors (Lipinski definition) is 3. The van der Waals surface area contributed by atoms with Crippen molar-refractivity contribution in [3.63, 3.8) is 0 Å². The van der Waals surface area contributed by atoms with E-state index in [-0.39, 0.29) is 0 Å². The number of rotatable bonds is 9. The highest BCUT2D eigenvalue weighted by Gasteiger charge is 2.21. The van der Waals surface area contributed by atoms with E-state index in [2.05, 4.69) is 58.2 Å². The molecule has 0 radical (unpaired) electrons. The van der Waals surface area contributed by atoms with Crippen molar-refractivity contribution < 1.29 is 4.74 Å². The second-order valence-electron chi connectivity index (χ2n) is 6.26. The second kappa shape index (κ2) is 8.16. The molecular weight excluding hydrogens is 328 g/mol. The Morgan fingerprint density at radius 3 is 2.76 bits per heavy atom. The van der Waals surface area contributed by atoms with E-state index < -0.39 is 0 Å². The molecule has 1 N–H and O–H groups in total. The van der Waals surface area contributed by atoms with E-state index in [4.69, 9.17) is 4.74 Å². The molecule has 1 saturated carbocycles. The lowest BCUT2D eigenvalue weighted by Gasteiger charge is -2.29. The van der Waals surface area contributed by atoms with Gasteiger partial charge < -0.3 is 15.0 Å². The summed E-state index contributed by atoms with van der Waals surface area (Å²) in [6.45, 7) is 8.23. The van der Waals surface area contributed by atoms with Crippen molar-refractivity contribution in [2.45, 2.75) is 39.3 Å². The lowest BCUT2D eigenvalue weighted by molar-refractivity contribution is 0.204. The van der Waals surface area contributed by atoms with Crippen LogP contribution >= 0.6 is 15.9 Å². The first-order valence-corrected chi connectivity index (χ1v) is 8.65. The Morgan fingerprint density at radius 2 is 2.14 bits per heavy atom. The van der Waals surface area contributed by atoms with Gasteiger partial charge in [-0.25, -0.2) is 0 Å². The van der Waals surface area contributed by atoms with Gasteiger partial charge in [0.05, 0.1) is 6.61 Å². The number of anilines is 1. The van der Waals surface area contributed by atoms with E-state index in [0.717, 1.165) is 36.8 Å². The highest BCUT2D eigenvalue weighted by molar-refractivity contribution is 9.10. The van der Waals surface area contributed by atoms with Crippen molar-refractivity contribution in [1.29, 1.82) is 0 Å². The molecular formula is C17H27BrN2O. The molecule has 4 heteroatoms. The third-order valence-electron chi connectivity index (χ3n) is 3.69. The predicted octanol–water partition coefficient (Wildman–Crippen LogP) is 3.81. The van der Waals surface area contributed by atoms with E-state index in [1.54, 1.807) is 7.11 Å². The normalized spacial score (nSPS) is 14.7. The highest BCUT2D eigenvalue weighted by atomic mass is 79.9. The summed E-state index contributed by atoms with van der Waals surface area (Å²) in [6, 6.07) is 7.34. The minimum absolute atomic E-state index is 0.634. The quantitative estimate of drug-likeness (QED) is 0.729. The minimum atomic E-state index is 0.634. The fraction of sp³-hybridized carbons (Fsp3) is 0.647. The van der Waals surface area contributed by atoms with Crippen molar-refractivity contribution in [3.8, 4) is 0 Å². The highest BCUT2D eigenvalue weighted by Crippen LogP contribution is 2.27. The molecule has 1 fully saturated rings. The monoisotopic (exact) mass is 354 g/mol. The van der Waals surface area contributed by atoms with Crippen molar-refractivity contribution in [2.75, 3.05) is 31.7 Å². The van der Waals surface area contributed by atoms with Gasteiger partial charge >= 0.3 is 0 Å². The molecule has 0 heterocycles. The molecule has 0 aromatic heterocycles. The fourth-order valence-electron chi connectivity index (χ4n) is 2.50. The zero-order valence-electron chi connectivity index (χ0n) is 13.4. The lowest BCUT2D eigenvalue weighted by Crippen LogP contribution is -2.32. The maximum Gasteiger partial charge on any atom is 0.0637 e. The maximum absolute atomic E-state index is 5.28. The smallest absolute Gasteiger partial charge is 0.0637 e. The summed E-state index contributed by atoms with van der Waals surface area (Å²) in [5.74, 6) is 0.634. The van der Waals surface area contributed by atoms with Crippen LogP contribution in [0.3, 0.4) is 0 Å². The van der Waals surface area contributed by atoms with Crippen LogP contribution in [0.25, 0.3) is 0 Å². The second-order valence-corrected chi connectivity index (χ2v) is 7.18. The Balaban J connectivity index is 2.14. The van der Waals surface area contributed by atoms with Crippen molar-refractivity contribution >= 4 is 21.6 Å². The molecule has 1 aliphatic carbocycles. The summed E-state index contributed by atoms with van der Waals surface area (Å²) in [6.07, 6.45) is 2.64. The maximum atomic E-state index is 5.28. The van der Waals surface area contributed by atoms with Gasteiger partial charge in [0.1, 0.15) is 0 Å². The van der Waals surface area contributed by atoms with Crippen LogP contribution in [0.2, 0.25) is 0 Å². The summed E-state index contributed by atoms with van der Waals surface area (Å²) < 4.78 is 6.43. The Kier molecular flexibility index (Phi) is 6.52. The van der Waals surface area contributed by atoms with Crippen molar-refractivity contribution in [3.05, 3.63) is 28.2 Å². The van der Waals surface area contributed by atoms with E-state index >= 15 is 0 Å². The number of nitrogens with zero attached hydrogens (tertiary/aromatic N) is 1. The average Bonchev–Trinajstić information content (AvgIpc) is 3.25. The van der Waals surface area contributed by atoms with Crippen LogP contribution in [-0.4, -0.2) is 32.8 Å². The lowest BCUT2D eigenvalue weighted by atomic mass is 10.1. The van der Waals surface area contributed by atoms with Gasteiger partial charge in [-0.1, -0.05) is 29.8 Å². The molecule has 1 aromatic rings. The molecule has 0 atom stereocenters. The van der Waals surface area contributed by atoms with Gasteiger partial charge in [0.15, 0.2) is 0 Å². The minimum Gasteiger partial charge on any atom is -0.383 e. The van der Waals surface area contributed by atoms with Gasteiger partial charge in [0.25, 0.3) is 0 Å². The number of benzene rings is 1. The SMILES string of the molecule is COCCN(CC(C)C)c1ccc(Br)cc1CNC1CC1. The molecule has 0 unspecified atom stereocenters. The number of nitrogens with one attached hydrogen (secondary N) is 1. The van der Waals surface area contributed by atoms with E-state index in [9.17, 15) is 0 Å². The molecule has 1 aliphatic rings. The standard InChI is InChI=1S/C17H27BrN2O/c1-13(2)12-20(8-9-21-3)17-7-4-15(18)10-14(17)11-19-16-5-6-16/h4,7,10,13,16,19H,5-6,8-9,11-12H2,1-3H3. The molecule has 1 aromatic carbocycles. The fourth-order valence-corrected chi connectivity index (χ4v) is 2.91. The third-order valence-corrected chi connectivity index (χ3v) is 4.18. The van der Waals surface area contributed by atoms with E-state index in [0.29, 0.717) is 5.92 Å². The Bertz CT molecular complexity index is 446. The average molecular weight is 355 g/mol. The Hall–Kier alpha value is -0.580. The largest absolute Gasteiger partial charge is 0.383 e. The molecule has 21 heavy (non-hydrogen) atoms. The Morgan fingerprint density at radius 1 is 1.38 bits per heavy atom. The van der Waals surface area contributed by atoms with Crippen LogP contribution in [0.4, 0.5) is 5.69 Å². The van der Waals surface area contributed by atoms with Crippen LogP contribution in [-0.2, 0) is 11.3 Å². The molecule has 0 bridgehead atoms. The van der Waals surface area contributed by atoms with Gasteiger partial charge in [-0.2, -0.15) is 0 Å². The number of methoxy groups -OCH3 is 1. The summed E-state index contributed by atoms with van der Waals surface area (Å²) in [5, 5.41) is 3.63. The van der Waals surface area contributed by atoms with E-state index in [1.165, 1.54) is 24.1 Å². The summed E-state index contributed by atoms with van der Waals surface area (Å²) >= 11 is 3.60. The first-order valence-electron chi connectivity index (χ1n) is 7.86. The first kappa shape index (κ1) is 16.8. The van der Waals surface area contributed by atoms with Crippen LogP contribution in [0.15, 0.2) is 22.7 Å². The molecule has 2 rings (SSSR count). The topological polar surface area (TPSA) is 24.5 Å². The van der Waals surface area contributed by atoms with Crippen LogP contribution < -0.4 is 10.2 Å². The number of hydrogen-bond donors (Lipinski definition) is 1. The van der Waals surface area contributed by atoms with Gasteiger partial charge in [-0.3, -0.25) is 0 Å². The van der Waals surface area contributed by atoms with Crippen molar-refractivity contribution in [1.82, 2.24) is 5.32 Å². The molecule has 0 saturated heterocycles. The summed E-state index contributed by atoms with van der Waals surface area (Å²) in [4.78, 5) is 2.45. The Labute approximate surface area is 137 Å². The van der Waals surface area contributed by atoms with Gasteiger partial charge in [-0.05, 0) is 42.5 Å². The molecule has 118 valence electrons. The molecule has 3 nitrogen and oxygen atoms in total. The zero-order chi connectivity index (χ0) is 15.2. The van der Waals surface area contributed by atoms with Crippen LogP contribution in [0, 0.1) is 5.92 Å². The zero-order valence-corrected chi connectivity index (χ0v) is 14.9. The van der Waals surface area contributed by atoms with Gasteiger partial charge in [-0.15, -0.1) is 0 Å². The van der Waals surface area contributed by atoms with Crippen molar-refractivity contribution in [2.24, 2.45) is 5.92 Å². The van der Waals surface area contributed by atoms with Gasteiger partial charge in [0.2, 0.25) is 0 Å². The summed E-state index contributed by atoms with van der Waals surface area (Å²) in [7, 11) is 1.77. The van der Waals surface area contributed by atoms with E-state index in [1.807, 2.05) is 0 Å². The summed E-state index contributed by atoms with van der Waals surface area (Å²) in [5.41, 5.74) is 2.70. The molecule has 0 aliphatic heterocycles. The number of ether oxygens (including phenoxy) is 1. The van der Waals surface area contributed by atoms with Crippen LogP contribution in [0.5, 0.6) is 0 Å². The number of halogens is 1. The third kappa shape index (κ3) is 5.61. The molecule has 0 amide bonds. The molecule has 0 spiro atoms. The van der Waals surface area contributed by atoms with Crippen LogP contribution in [0.1, 0.15) is 32.3 Å².